The lowest BCUT2D eigenvalue weighted by Gasteiger charge is -2.17. The lowest BCUT2D eigenvalue weighted by atomic mass is 10.1. The molecule has 0 radical (unpaired) electrons. The molecule has 6 nitrogen and oxygen atoms in total. The van der Waals surface area contributed by atoms with Crippen molar-refractivity contribution in [2.75, 3.05) is 13.7 Å². The van der Waals surface area contributed by atoms with Gasteiger partial charge in [-0.05, 0) is 6.42 Å². The largest absolute Gasteiger partial charge is 0.481 e. The summed E-state index contributed by atoms with van der Waals surface area (Å²) in [5, 5.41) is 11.2. The molecule has 0 saturated heterocycles. The van der Waals surface area contributed by atoms with Crippen LogP contribution in [0.2, 0.25) is 0 Å². The highest BCUT2D eigenvalue weighted by Crippen LogP contribution is 2.00. The van der Waals surface area contributed by atoms with Gasteiger partial charge in [0.2, 0.25) is 5.91 Å². The Balaban J connectivity index is 4.04. The summed E-state index contributed by atoms with van der Waals surface area (Å²) in [4.78, 5) is 22.0. The van der Waals surface area contributed by atoms with Gasteiger partial charge in [0, 0.05) is 19.7 Å². The number of aliphatic carboxylic acids is 1. The number of carbonyl (C=O) groups is 2. The van der Waals surface area contributed by atoms with E-state index >= 15 is 0 Å². The fourth-order valence-corrected chi connectivity index (χ4v) is 1.26. The van der Waals surface area contributed by atoms with Crippen molar-refractivity contribution in [2.24, 2.45) is 5.73 Å². The summed E-state index contributed by atoms with van der Waals surface area (Å²) < 4.78 is 4.96. The summed E-state index contributed by atoms with van der Waals surface area (Å²) in [5.41, 5.74) is 5.38. The van der Waals surface area contributed by atoms with E-state index in [2.05, 4.69) is 5.32 Å². The van der Waals surface area contributed by atoms with Crippen molar-refractivity contribution in [1.82, 2.24) is 5.32 Å². The van der Waals surface area contributed by atoms with Crippen LogP contribution in [0, 0.1) is 0 Å². The quantitative estimate of drug-likeness (QED) is 0.534. The van der Waals surface area contributed by atoms with Gasteiger partial charge in [0.25, 0.3) is 0 Å². The Kier molecular flexibility index (Phi) is 7.49. The molecule has 0 aromatic carbocycles. The first-order valence-corrected chi connectivity index (χ1v) is 5.27. The van der Waals surface area contributed by atoms with Crippen molar-refractivity contribution < 1.29 is 19.4 Å². The van der Waals surface area contributed by atoms with Crippen molar-refractivity contribution in [3.05, 3.63) is 0 Å². The molecule has 0 saturated carbocycles. The van der Waals surface area contributed by atoms with Gasteiger partial charge < -0.3 is 20.9 Å². The minimum Gasteiger partial charge on any atom is -0.481 e. The summed E-state index contributed by atoms with van der Waals surface area (Å²) in [6.07, 6.45) is 0.353. The fraction of sp³-hybridized carbons (Fsp3) is 0.800. The minimum atomic E-state index is -0.922. The Hall–Kier alpha value is -1.14. The van der Waals surface area contributed by atoms with Crippen molar-refractivity contribution in [3.8, 4) is 0 Å². The molecule has 0 rings (SSSR count). The Bertz CT molecular complexity index is 229. The number of amides is 1. The zero-order valence-corrected chi connectivity index (χ0v) is 9.73. The number of methoxy groups -OCH3 is 1. The van der Waals surface area contributed by atoms with Gasteiger partial charge in [0.15, 0.2) is 0 Å². The molecule has 1 amide bonds. The van der Waals surface area contributed by atoms with Gasteiger partial charge in [-0.2, -0.15) is 0 Å². The number of carboxylic acids is 1. The molecule has 0 bridgehead atoms. The van der Waals surface area contributed by atoms with Crippen LogP contribution >= 0.6 is 0 Å². The summed E-state index contributed by atoms with van der Waals surface area (Å²) in [6, 6.07) is -0.333. The molecule has 16 heavy (non-hydrogen) atoms. The third-order valence-electron chi connectivity index (χ3n) is 2.29. The van der Waals surface area contributed by atoms with Crippen LogP contribution in [-0.2, 0) is 14.3 Å². The fourth-order valence-electron chi connectivity index (χ4n) is 1.26. The number of hydrogen-bond acceptors (Lipinski definition) is 4. The number of nitrogens with one attached hydrogen (secondary N) is 1. The zero-order chi connectivity index (χ0) is 12.6. The zero-order valence-electron chi connectivity index (χ0n) is 9.73. The molecular formula is C10H20N2O4. The van der Waals surface area contributed by atoms with Gasteiger partial charge >= 0.3 is 5.97 Å². The molecule has 0 fully saturated rings. The molecule has 94 valence electrons. The Morgan fingerprint density at radius 2 is 2.06 bits per heavy atom. The van der Waals surface area contributed by atoms with Crippen molar-refractivity contribution in [1.29, 1.82) is 0 Å². The highest BCUT2D eigenvalue weighted by atomic mass is 16.5. The summed E-state index contributed by atoms with van der Waals surface area (Å²) in [7, 11) is 1.49. The molecule has 6 heteroatoms. The van der Waals surface area contributed by atoms with Crippen molar-refractivity contribution >= 4 is 11.9 Å². The normalized spacial score (nSPS) is 14.2. The molecular weight excluding hydrogens is 212 g/mol. The predicted octanol–water partition coefficient (Wildman–Crippen LogP) is -0.280. The first-order chi connectivity index (χ1) is 7.53. The van der Waals surface area contributed by atoms with Crippen LogP contribution in [0.5, 0.6) is 0 Å². The van der Waals surface area contributed by atoms with E-state index in [1.165, 1.54) is 7.11 Å². The third kappa shape index (κ3) is 6.36. The molecule has 0 aliphatic rings. The molecule has 0 aliphatic heterocycles. The monoisotopic (exact) mass is 232 g/mol. The van der Waals surface area contributed by atoms with E-state index in [1.54, 1.807) is 0 Å². The summed E-state index contributed by atoms with van der Waals surface area (Å²) in [6.45, 7) is 2.09. The van der Waals surface area contributed by atoms with Crippen LogP contribution in [0.3, 0.4) is 0 Å². The van der Waals surface area contributed by atoms with Crippen molar-refractivity contribution in [2.45, 2.75) is 38.3 Å². The third-order valence-corrected chi connectivity index (χ3v) is 2.29. The maximum atomic E-state index is 11.5. The number of ether oxygens (including phenoxy) is 1. The first kappa shape index (κ1) is 14.9. The molecule has 4 N–H and O–H groups in total. The van der Waals surface area contributed by atoms with Crippen LogP contribution in [-0.4, -0.2) is 42.8 Å². The van der Waals surface area contributed by atoms with E-state index in [-0.39, 0.29) is 37.4 Å². The molecule has 0 heterocycles. The number of hydrogen-bond donors (Lipinski definition) is 3. The van der Waals surface area contributed by atoms with Gasteiger partial charge in [-0.3, -0.25) is 9.59 Å². The van der Waals surface area contributed by atoms with Crippen molar-refractivity contribution in [3.63, 3.8) is 0 Å². The summed E-state index contributed by atoms with van der Waals surface area (Å²) >= 11 is 0. The molecule has 2 unspecified atom stereocenters. The maximum Gasteiger partial charge on any atom is 0.305 e. The van der Waals surface area contributed by atoms with Gasteiger partial charge in [0.05, 0.1) is 18.9 Å². The van der Waals surface area contributed by atoms with Crippen LogP contribution < -0.4 is 11.1 Å². The highest BCUT2D eigenvalue weighted by Gasteiger charge is 2.16. The van der Waals surface area contributed by atoms with Gasteiger partial charge in [-0.25, -0.2) is 0 Å². The van der Waals surface area contributed by atoms with Crippen LogP contribution in [0.1, 0.15) is 26.2 Å². The molecule has 0 aromatic rings. The van der Waals surface area contributed by atoms with Gasteiger partial charge in [-0.15, -0.1) is 0 Å². The molecule has 0 aromatic heterocycles. The van der Waals surface area contributed by atoms with E-state index < -0.39 is 5.97 Å². The summed E-state index contributed by atoms with van der Waals surface area (Å²) in [5.74, 6) is -1.15. The Morgan fingerprint density at radius 1 is 1.44 bits per heavy atom. The maximum absolute atomic E-state index is 11.5. The smallest absolute Gasteiger partial charge is 0.305 e. The molecule has 0 spiro atoms. The van der Waals surface area contributed by atoms with E-state index in [4.69, 9.17) is 15.6 Å². The topological polar surface area (TPSA) is 102 Å². The number of nitrogens with two attached hydrogens (primary N) is 1. The van der Waals surface area contributed by atoms with Crippen LogP contribution in [0.15, 0.2) is 0 Å². The van der Waals surface area contributed by atoms with Crippen LogP contribution in [0.4, 0.5) is 0 Å². The number of carboxylic acid groups (broad SMARTS) is 1. The second-order valence-corrected chi connectivity index (χ2v) is 3.57. The van der Waals surface area contributed by atoms with E-state index in [1.807, 2.05) is 6.92 Å². The predicted molar refractivity (Wildman–Crippen MR) is 58.9 cm³/mol. The van der Waals surface area contributed by atoms with E-state index in [0.29, 0.717) is 6.42 Å². The average molecular weight is 232 g/mol. The standard InChI is InChI=1S/C10H20N2O4/c1-3-7(4-10(14)15)12-9(13)5-8(6-11)16-2/h7-8H,3-6,11H2,1-2H3,(H,12,13)(H,14,15). The lowest BCUT2D eigenvalue weighted by molar-refractivity contribution is -0.137. The first-order valence-electron chi connectivity index (χ1n) is 5.27. The van der Waals surface area contributed by atoms with E-state index in [9.17, 15) is 9.59 Å². The highest BCUT2D eigenvalue weighted by molar-refractivity contribution is 5.77. The molecule has 0 aliphatic carbocycles. The SMILES string of the molecule is CCC(CC(=O)O)NC(=O)CC(CN)OC. The Morgan fingerprint density at radius 3 is 2.44 bits per heavy atom. The average Bonchev–Trinajstić information content (AvgIpc) is 2.24. The molecule has 2 atom stereocenters. The minimum absolute atomic E-state index is 0.0670. The second-order valence-electron chi connectivity index (χ2n) is 3.57. The van der Waals surface area contributed by atoms with Gasteiger partial charge in [-0.1, -0.05) is 6.92 Å². The van der Waals surface area contributed by atoms with Crippen LogP contribution in [0.25, 0.3) is 0 Å². The lowest BCUT2D eigenvalue weighted by Crippen LogP contribution is -2.39. The number of carbonyl (C=O) groups excluding carboxylic acids is 1. The second kappa shape index (κ2) is 8.06. The van der Waals surface area contributed by atoms with E-state index in [0.717, 1.165) is 0 Å². The number of rotatable bonds is 8. The Labute approximate surface area is 95.1 Å². The van der Waals surface area contributed by atoms with Gasteiger partial charge in [0.1, 0.15) is 0 Å².